The van der Waals surface area contributed by atoms with E-state index in [2.05, 4.69) is 26.5 Å². The summed E-state index contributed by atoms with van der Waals surface area (Å²) >= 11 is 4.33. The number of thiol groups is 1. The third-order valence-corrected chi connectivity index (χ3v) is 2.19. The molecule has 0 saturated heterocycles. The fourth-order valence-corrected chi connectivity index (χ4v) is 0.897. The van der Waals surface area contributed by atoms with Crippen LogP contribution in [0.3, 0.4) is 0 Å². The molecule has 0 spiro atoms. The van der Waals surface area contributed by atoms with Crippen LogP contribution in [-0.4, -0.2) is 18.5 Å². The van der Waals surface area contributed by atoms with E-state index in [0.29, 0.717) is 5.25 Å². The lowest BCUT2D eigenvalue weighted by Crippen LogP contribution is -2.08. The van der Waals surface area contributed by atoms with Gasteiger partial charge in [-0.3, -0.25) is 0 Å². The second kappa shape index (κ2) is 8.41. The van der Waals surface area contributed by atoms with Gasteiger partial charge < -0.3 is 4.74 Å². The summed E-state index contributed by atoms with van der Waals surface area (Å²) in [6.07, 6.45) is 4.84. The molecule has 1 unspecified atom stereocenters. The van der Waals surface area contributed by atoms with Crippen LogP contribution < -0.4 is 0 Å². The van der Waals surface area contributed by atoms with Gasteiger partial charge in [-0.15, -0.1) is 0 Å². The molecule has 0 aliphatic heterocycles. The van der Waals surface area contributed by atoms with Crippen molar-refractivity contribution >= 4 is 12.6 Å². The van der Waals surface area contributed by atoms with Crippen LogP contribution in [0.5, 0.6) is 0 Å². The van der Waals surface area contributed by atoms with E-state index in [1.54, 1.807) is 0 Å². The molecule has 0 saturated carbocycles. The maximum atomic E-state index is 5.41. The summed E-state index contributed by atoms with van der Waals surface area (Å²) in [4.78, 5) is 0. The average molecular weight is 176 g/mol. The number of ether oxygens (including phenoxy) is 1. The molecule has 11 heavy (non-hydrogen) atoms. The Hall–Kier alpha value is 0.310. The zero-order valence-corrected chi connectivity index (χ0v) is 8.57. The van der Waals surface area contributed by atoms with Gasteiger partial charge in [-0.2, -0.15) is 12.6 Å². The summed E-state index contributed by atoms with van der Waals surface area (Å²) in [7, 11) is 0. The van der Waals surface area contributed by atoms with Gasteiger partial charge in [0, 0.05) is 11.9 Å². The quantitative estimate of drug-likeness (QED) is 0.463. The molecule has 0 aromatic carbocycles. The van der Waals surface area contributed by atoms with Gasteiger partial charge in [0.25, 0.3) is 0 Å². The monoisotopic (exact) mass is 176 g/mol. The van der Waals surface area contributed by atoms with Crippen LogP contribution in [0.15, 0.2) is 0 Å². The van der Waals surface area contributed by atoms with Crippen LogP contribution in [0.4, 0.5) is 0 Å². The van der Waals surface area contributed by atoms with Crippen LogP contribution in [0.1, 0.15) is 39.5 Å². The number of rotatable bonds is 7. The summed E-state index contributed by atoms with van der Waals surface area (Å²) in [5.74, 6) is 0. The fraction of sp³-hybridized carbons (Fsp3) is 1.00. The molecule has 1 nitrogen and oxygen atoms in total. The van der Waals surface area contributed by atoms with Crippen molar-refractivity contribution in [2.45, 2.75) is 44.8 Å². The van der Waals surface area contributed by atoms with Gasteiger partial charge in [-0.05, 0) is 12.8 Å². The van der Waals surface area contributed by atoms with E-state index < -0.39 is 0 Å². The van der Waals surface area contributed by atoms with E-state index in [1.807, 2.05) is 0 Å². The van der Waals surface area contributed by atoms with Gasteiger partial charge in [0.2, 0.25) is 0 Å². The number of unbranched alkanes of at least 4 members (excludes halogenated alkanes) is 2. The van der Waals surface area contributed by atoms with Crippen molar-refractivity contribution in [3.63, 3.8) is 0 Å². The summed E-state index contributed by atoms with van der Waals surface area (Å²) in [6, 6.07) is 0. The average Bonchev–Trinajstić information content (AvgIpc) is 2.04. The SMILES string of the molecule is CCCCCOCC(S)CC. The van der Waals surface area contributed by atoms with Gasteiger partial charge in [0.1, 0.15) is 0 Å². The Labute approximate surface area is 75.9 Å². The molecule has 2 heteroatoms. The van der Waals surface area contributed by atoms with Crippen LogP contribution in [0, 0.1) is 0 Å². The highest BCUT2D eigenvalue weighted by Crippen LogP contribution is 2.01. The lowest BCUT2D eigenvalue weighted by atomic mass is 10.3. The lowest BCUT2D eigenvalue weighted by molar-refractivity contribution is 0.131. The molecule has 0 aromatic rings. The first-order valence-electron chi connectivity index (χ1n) is 4.57. The summed E-state index contributed by atoms with van der Waals surface area (Å²) in [5, 5.41) is 0.427. The van der Waals surface area contributed by atoms with Gasteiger partial charge in [0.15, 0.2) is 0 Å². The molecule has 0 bridgehead atoms. The van der Waals surface area contributed by atoms with E-state index >= 15 is 0 Å². The molecule has 0 N–H and O–H groups in total. The van der Waals surface area contributed by atoms with Crippen LogP contribution in [-0.2, 0) is 4.74 Å². The standard InChI is InChI=1S/C9H20OS/c1-3-5-6-7-10-8-9(11)4-2/h9,11H,3-8H2,1-2H3. The topological polar surface area (TPSA) is 9.23 Å². The van der Waals surface area contributed by atoms with Crippen molar-refractivity contribution in [3.8, 4) is 0 Å². The Morgan fingerprint density at radius 3 is 2.55 bits per heavy atom. The first-order chi connectivity index (χ1) is 5.31. The normalized spacial score (nSPS) is 13.4. The number of hydrogen-bond acceptors (Lipinski definition) is 2. The highest BCUT2D eigenvalue weighted by atomic mass is 32.1. The predicted octanol–water partition coefficient (Wildman–Crippen LogP) is 2.90. The Morgan fingerprint density at radius 2 is 2.00 bits per heavy atom. The van der Waals surface area contributed by atoms with Crippen molar-refractivity contribution in [2.75, 3.05) is 13.2 Å². The zero-order chi connectivity index (χ0) is 8.53. The van der Waals surface area contributed by atoms with Crippen LogP contribution in [0.2, 0.25) is 0 Å². The molecule has 0 aromatic heterocycles. The Morgan fingerprint density at radius 1 is 1.27 bits per heavy atom. The van der Waals surface area contributed by atoms with Crippen LogP contribution >= 0.6 is 12.6 Å². The van der Waals surface area contributed by atoms with E-state index in [4.69, 9.17) is 4.74 Å². The summed E-state index contributed by atoms with van der Waals surface area (Å²) < 4.78 is 5.41. The molecule has 0 heterocycles. The summed E-state index contributed by atoms with van der Waals surface area (Å²) in [5.41, 5.74) is 0. The van der Waals surface area contributed by atoms with Crippen LogP contribution in [0.25, 0.3) is 0 Å². The van der Waals surface area contributed by atoms with E-state index in [0.717, 1.165) is 19.6 Å². The van der Waals surface area contributed by atoms with E-state index in [-0.39, 0.29) is 0 Å². The molecule has 0 rings (SSSR count). The van der Waals surface area contributed by atoms with Gasteiger partial charge >= 0.3 is 0 Å². The first-order valence-corrected chi connectivity index (χ1v) is 5.08. The minimum atomic E-state index is 0.427. The Bertz CT molecular complexity index is 76.0. The van der Waals surface area contributed by atoms with Crippen molar-refractivity contribution < 1.29 is 4.74 Å². The molecular formula is C9H20OS. The molecular weight excluding hydrogens is 156 g/mol. The zero-order valence-electron chi connectivity index (χ0n) is 7.68. The second-order valence-corrected chi connectivity index (χ2v) is 3.57. The second-order valence-electron chi connectivity index (χ2n) is 2.84. The highest BCUT2D eigenvalue weighted by molar-refractivity contribution is 7.81. The summed E-state index contributed by atoms with van der Waals surface area (Å²) in [6.45, 7) is 6.05. The van der Waals surface area contributed by atoms with Crippen molar-refractivity contribution in [2.24, 2.45) is 0 Å². The molecule has 68 valence electrons. The molecule has 1 atom stereocenters. The smallest absolute Gasteiger partial charge is 0.0582 e. The third kappa shape index (κ3) is 8.21. The maximum Gasteiger partial charge on any atom is 0.0582 e. The largest absolute Gasteiger partial charge is 0.380 e. The fourth-order valence-electron chi connectivity index (χ4n) is 0.791. The van der Waals surface area contributed by atoms with Gasteiger partial charge in [-0.1, -0.05) is 26.7 Å². The van der Waals surface area contributed by atoms with Gasteiger partial charge in [0.05, 0.1) is 6.61 Å². The molecule has 0 amide bonds. The van der Waals surface area contributed by atoms with Crippen molar-refractivity contribution in [1.82, 2.24) is 0 Å². The predicted molar refractivity (Wildman–Crippen MR) is 53.4 cm³/mol. The van der Waals surface area contributed by atoms with Crippen molar-refractivity contribution in [1.29, 1.82) is 0 Å². The third-order valence-electron chi connectivity index (χ3n) is 1.67. The van der Waals surface area contributed by atoms with E-state index in [9.17, 15) is 0 Å². The minimum Gasteiger partial charge on any atom is -0.380 e. The maximum absolute atomic E-state index is 5.41. The Kier molecular flexibility index (Phi) is 8.64. The van der Waals surface area contributed by atoms with E-state index in [1.165, 1.54) is 19.3 Å². The van der Waals surface area contributed by atoms with Gasteiger partial charge in [-0.25, -0.2) is 0 Å². The first kappa shape index (κ1) is 11.3. The minimum absolute atomic E-state index is 0.427. The van der Waals surface area contributed by atoms with Crippen molar-refractivity contribution in [3.05, 3.63) is 0 Å². The molecule has 0 aliphatic carbocycles. The molecule has 0 radical (unpaired) electrons. The molecule has 0 fully saturated rings. The number of hydrogen-bond donors (Lipinski definition) is 1. The molecule has 0 aliphatic rings. The highest BCUT2D eigenvalue weighted by Gasteiger charge is 1.97. The Balaban J connectivity index is 2.89. The lowest BCUT2D eigenvalue weighted by Gasteiger charge is -2.07.